The Morgan fingerprint density at radius 3 is 2.53 bits per heavy atom. The van der Waals surface area contributed by atoms with Crippen LogP contribution < -0.4 is 10.5 Å². The average Bonchev–Trinajstić information content (AvgIpc) is 2.01. The first-order valence-electron chi connectivity index (χ1n) is 4.46. The predicted molar refractivity (Wildman–Crippen MR) is 55.4 cm³/mol. The third-order valence-electron chi connectivity index (χ3n) is 1.44. The molecule has 7 nitrogen and oxygen atoms in total. The fraction of sp³-hybridized carbons (Fsp3) is 0.857. The lowest BCUT2D eigenvalue weighted by Gasteiger charge is -2.18. The van der Waals surface area contributed by atoms with Gasteiger partial charge < -0.3 is 10.5 Å². The van der Waals surface area contributed by atoms with Crippen LogP contribution in [0, 0.1) is 0 Å². The number of hydrogen-bond acceptors (Lipinski definition) is 5. The summed E-state index contributed by atoms with van der Waals surface area (Å²) in [6, 6.07) is -0.311. The van der Waals surface area contributed by atoms with E-state index in [1.807, 2.05) is 0 Å². The topological polar surface area (TPSA) is 102 Å². The normalized spacial score (nSPS) is 13.7. The molecule has 1 unspecified atom stereocenters. The second-order valence-corrected chi connectivity index (χ2v) is 4.86. The maximum atomic E-state index is 11.4. The lowest BCUT2D eigenvalue weighted by molar-refractivity contribution is 0.158. The number of carbonyl (C=O) groups is 1. The first-order chi connectivity index (χ1) is 6.79. The SMILES string of the molecule is CCOC(=O)NS(=O)(=O)N(C)CC(C)N. The van der Waals surface area contributed by atoms with E-state index in [9.17, 15) is 13.2 Å². The smallest absolute Gasteiger partial charge is 0.421 e. The van der Waals surface area contributed by atoms with Crippen LogP contribution in [0.2, 0.25) is 0 Å². The van der Waals surface area contributed by atoms with Crippen molar-refractivity contribution >= 4 is 16.3 Å². The molecule has 0 bridgehead atoms. The van der Waals surface area contributed by atoms with Crippen LogP contribution >= 0.6 is 0 Å². The van der Waals surface area contributed by atoms with Gasteiger partial charge in [0.25, 0.3) is 0 Å². The molecule has 0 saturated carbocycles. The largest absolute Gasteiger partial charge is 0.449 e. The summed E-state index contributed by atoms with van der Waals surface area (Å²) in [6.07, 6.45) is -0.992. The number of carbonyl (C=O) groups excluding carboxylic acids is 1. The van der Waals surface area contributed by atoms with Crippen LogP contribution in [0.15, 0.2) is 0 Å². The van der Waals surface area contributed by atoms with E-state index in [0.717, 1.165) is 4.31 Å². The van der Waals surface area contributed by atoms with E-state index in [0.29, 0.717) is 0 Å². The number of nitrogens with two attached hydrogens (primary N) is 1. The van der Waals surface area contributed by atoms with Crippen LogP contribution in [0.5, 0.6) is 0 Å². The summed E-state index contributed by atoms with van der Waals surface area (Å²) in [5.74, 6) is 0. The summed E-state index contributed by atoms with van der Waals surface area (Å²) in [5.41, 5.74) is 5.43. The molecule has 8 heteroatoms. The molecule has 0 rings (SSSR count). The molecular weight excluding hydrogens is 222 g/mol. The summed E-state index contributed by atoms with van der Waals surface area (Å²) < 4.78 is 30.0. The van der Waals surface area contributed by atoms with Gasteiger partial charge in [-0.2, -0.15) is 12.7 Å². The third-order valence-corrected chi connectivity index (χ3v) is 2.84. The number of nitrogens with one attached hydrogen (secondary N) is 1. The van der Waals surface area contributed by atoms with Gasteiger partial charge in [0.1, 0.15) is 0 Å². The van der Waals surface area contributed by atoms with Crippen LogP contribution in [0.3, 0.4) is 0 Å². The van der Waals surface area contributed by atoms with Crippen LogP contribution in [0.4, 0.5) is 4.79 Å². The summed E-state index contributed by atoms with van der Waals surface area (Å²) in [4.78, 5) is 10.9. The Hall–Kier alpha value is -0.860. The maximum absolute atomic E-state index is 11.4. The highest BCUT2D eigenvalue weighted by Crippen LogP contribution is 1.95. The maximum Gasteiger partial charge on any atom is 0.421 e. The molecule has 0 aliphatic carbocycles. The molecule has 0 aliphatic heterocycles. The van der Waals surface area contributed by atoms with E-state index in [4.69, 9.17) is 5.73 Å². The lowest BCUT2D eigenvalue weighted by Crippen LogP contribution is -2.45. The van der Waals surface area contributed by atoms with E-state index in [1.165, 1.54) is 7.05 Å². The van der Waals surface area contributed by atoms with Crippen molar-refractivity contribution in [1.29, 1.82) is 0 Å². The summed E-state index contributed by atoms with van der Waals surface area (Å²) in [5, 5.41) is 0. The van der Waals surface area contributed by atoms with Crippen molar-refractivity contribution in [1.82, 2.24) is 9.03 Å². The molecule has 0 radical (unpaired) electrons. The molecule has 0 aromatic rings. The van der Waals surface area contributed by atoms with Crippen LogP contribution in [-0.4, -0.2) is 45.1 Å². The Balaban J connectivity index is 4.35. The van der Waals surface area contributed by atoms with Crippen molar-refractivity contribution in [3.63, 3.8) is 0 Å². The van der Waals surface area contributed by atoms with Gasteiger partial charge in [-0.15, -0.1) is 0 Å². The van der Waals surface area contributed by atoms with E-state index < -0.39 is 16.3 Å². The Morgan fingerprint density at radius 1 is 1.60 bits per heavy atom. The number of hydrogen-bond donors (Lipinski definition) is 2. The van der Waals surface area contributed by atoms with Crippen molar-refractivity contribution in [2.24, 2.45) is 5.73 Å². The molecule has 15 heavy (non-hydrogen) atoms. The van der Waals surface area contributed by atoms with E-state index >= 15 is 0 Å². The highest BCUT2D eigenvalue weighted by Gasteiger charge is 2.21. The molecule has 1 atom stereocenters. The van der Waals surface area contributed by atoms with Crippen molar-refractivity contribution < 1.29 is 17.9 Å². The standard InChI is InChI=1S/C7H17N3O4S/c1-4-14-7(11)9-15(12,13)10(3)5-6(2)8/h6H,4-5,8H2,1-3H3,(H,9,11). The van der Waals surface area contributed by atoms with Gasteiger partial charge in [0, 0.05) is 19.6 Å². The van der Waals surface area contributed by atoms with Crippen molar-refractivity contribution in [3.8, 4) is 0 Å². The number of amides is 1. The van der Waals surface area contributed by atoms with Crippen LogP contribution in [0.25, 0.3) is 0 Å². The molecule has 0 fully saturated rings. The lowest BCUT2D eigenvalue weighted by atomic mass is 10.4. The first kappa shape index (κ1) is 14.1. The first-order valence-corrected chi connectivity index (χ1v) is 5.90. The molecule has 3 N–H and O–H groups in total. The monoisotopic (exact) mass is 239 g/mol. The van der Waals surface area contributed by atoms with E-state index in [1.54, 1.807) is 18.6 Å². The van der Waals surface area contributed by atoms with Gasteiger partial charge in [0.15, 0.2) is 0 Å². The van der Waals surface area contributed by atoms with E-state index in [-0.39, 0.29) is 19.2 Å². The Bertz CT molecular complexity index is 301. The van der Waals surface area contributed by atoms with Crippen LogP contribution in [-0.2, 0) is 14.9 Å². The quantitative estimate of drug-likeness (QED) is 0.657. The molecule has 1 amide bonds. The number of ether oxygens (including phenoxy) is 1. The number of rotatable bonds is 5. The Labute approximate surface area is 89.7 Å². The Morgan fingerprint density at radius 2 is 2.13 bits per heavy atom. The number of nitrogens with zero attached hydrogens (tertiary/aromatic N) is 1. The molecule has 0 saturated heterocycles. The molecule has 90 valence electrons. The zero-order valence-electron chi connectivity index (χ0n) is 9.06. The minimum Gasteiger partial charge on any atom is -0.449 e. The molecule has 0 aliphatic rings. The zero-order chi connectivity index (χ0) is 12.1. The predicted octanol–water partition coefficient (Wildman–Crippen LogP) is -0.744. The van der Waals surface area contributed by atoms with Crippen LogP contribution in [0.1, 0.15) is 13.8 Å². The van der Waals surface area contributed by atoms with Gasteiger partial charge in [-0.25, -0.2) is 9.52 Å². The van der Waals surface area contributed by atoms with Gasteiger partial charge in [0.05, 0.1) is 6.61 Å². The molecule has 0 heterocycles. The van der Waals surface area contributed by atoms with Crippen molar-refractivity contribution in [2.75, 3.05) is 20.2 Å². The number of likely N-dealkylation sites (N-methyl/N-ethyl adjacent to an activating group) is 1. The molecule has 0 spiro atoms. The minimum atomic E-state index is -3.85. The molecular formula is C7H17N3O4S. The van der Waals surface area contributed by atoms with Gasteiger partial charge >= 0.3 is 16.3 Å². The fourth-order valence-corrected chi connectivity index (χ4v) is 1.70. The van der Waals surface area contributed by atoms with Gasteiger partial charge in [0.2, 0.25) is 0 Å². The fourth-order valence-electron chi connectivity index (χ4n) is 0.847. The van der Waals surface area contributed by atoms with Gasteiger partial charge in [-0.1, -0.05) is 0 Å². The Kier molecular flexibility index (Phi) is 5.55. The summed E-state index contributed by atoms with van der Waals surface area (Å²) in [6.45, 7) is 3.47. The average molecular weight is 239 g/mol. The van der Waals surface area contributed by atoms with Gasteiger partial charge in [-0.3, -0.25) is 0 Å². The zero-order valence-corrected chi connectivity index (χ0v) is 9.87. The molecule has 0 aromatic carbocycles. The van der Waals surface area contributed by atoms with E-state index in [2.05, 4.69) is 4.74 Å². The molecule has 0 aromatic heterocycles. The third kappa shape index (κ3) is 5.55. The summed E-state index contributed by atoms with van der Waals surface area (Å²) in [7, 11) is -2.52. The highest BCUT2D eigenvalue weighted by atomic mass is 32.2. The minimum absolute atomic E-state index is 0.109. The highest BCUT2D eigenvalue weighted by molar-refractivity contribution is 7.87. The van der Waals surface area contributed by atoms with Crippen molar-refractivity contribution in [3.05, 3.63) is 0 Å². The van der Waals surface area contributed by atoms with Crippen molar-refractivity contribution in [2.45, 2.75) is 19.9 Å². The second-order valence-electron chi connectivity index (χ2n) is 3.09. The summed E-state index contributed by atoms with van der Waals surface area (Å²) >= 11 is 0. The van der Waals surface area contributed by atoms with Gasteiger partial charge in [-0.05, 0) is 13.8 Å². The second kappa shape index (κ2) is 5.89.